The molecule has 0 radical (unpaired) electrons. The SMILES string of the molecule is C=C(COC1CCC(c2ccc(-c3ccc(O)cc3)c(F)c2F)CC1)/C(F)=C(/F)C(=C)OC. The molecular weight excluding hydrogens is 436 g/mol. The van der Waals surface area contributed by atoms with E-state index in [-0.39, 0.29) is 35.5 Å². The molecule has 2 aromatic rings. The molecule has 0 atom stereocenters. The van der Waals surface area contributed by atoms with Crippen LogP contribution in [0.2, 0.25) is 0 Å². The Hall–Kier alpha value is -3.06. The van der Waals surface area contributed by atoms with E-state index in [1.54, 1.807) is 12.1 Å². The van der Waals surface area contributed by atoms with E-state index in [2.05, 4.69) is 17.9 Å². The first-order valence-corrected chi connectivity index (χ1v) is 10.6. The number of hydrogen-bond acceptors (Lipinski definition) is 3. The van der Waals surface area contributed by atoms with Crippen molar-refractivity contribution in [2.24, 2.45) is 0 Å². The smallest absolute Gasteiger partial charge is 0.200 e. The number of halogens is 4. The number of phenolic OH excluding ortho intramolecular Hbond substituents is 1. The van der Waals surface area contributed by atoms with Crippen LogP contribution in [0.5, 0.6) is 5.75 Å². The van der Waals surface area contributed by atoms with Crippen LogP contribution in [0, 0.1) is 11.6 Å². The maximum absolute atomic E-state index is 14.9. The molecule has 0 spiro atoms. The predicted molar refractivity (Wildman–Crippen MR) is 119 cm³/mol. The first kappa shape index (κ1) is 24.6. The molecular formula is C26H26F4O3. The molecule has 176 valence electrons. The minimum absolute atomic E-state index is 0.0446. The van der Waals surface area contributed by atoms with Crippen LogP contribution in [0.25, 0.3) is 11.1 Å². The van der Waals surface area contributed by atoms with Crippen molar-refractivity contribution < 1.29 is 32.1 Å². The Kier molecular flexibility index (Phi) is 7.97. The Morgan fingerprint density at radius 2 is 1.58 bits per heavy atom. The average Bonchev–Trinajstić information content (AvgIpc) is 2.83. The van der Waals surface area contributed by atoms with Crippen molar-refractivity contribution in [1.82, 2.24) is 0 Å². The molecule has 1 aliphatic carbocycles. The molecule has 0 unspecified atom stereocenters. The maximum Gasteiger partial charge on any atom is 0.200 e. The molecule has 7 heteroatoms. The molecule has 0 amide bonds. The third-order valence-electron chi connectivity index (χ3n) is 5.89. The normalized spacial score (nSPS) is 19.1. The van der Waals surface area contributed by atoms with Gasteiger partial charge in [-0.15, -0.1) is 0 Å². The van der Waals surface area contributed by atoms with Gasteiger partial charge in [0.15, 0.2) is 23.3 Å². The minimum Gasteiger partial charge on any atom is -0.508 e. The lowest BCUT2D eigenvalue weighted by atomic mass is 9.82. The Morgan fingerprint density at radius 3 is 2.18 bits per heavy atom. The molecule has 1 fully saturated rings. The molecule has 0 saturated heterocycles. The summed E-state index contributed by atoms with van der Waals surface area (Å²) in [7, 11) is 1.18. The van der Waals surface area contributed by atoms with Gasteiger partial charge in [-0.2, -0.15) is 4.39 Å². The number of allylic oxidation sites excluding steroid dienone is 1. The van der Waals surface area contributed by atoms with Crippen LogP contribution in [-0.2, 0) is 9.47 Å². The fourth-order valence-electron chi connectivity index (χ4n) is 3.93. The van der Waals surface area contributed by atoms with Crippen LogP contribution in [0.4, 0.5) is 17.6 Å². The third-order valence-corrected chi connectivity index (χ3v) is 5.89. The topological polar surface area (TPSA) is 38.7 Å². The van der Waals surface area contributed by atoms with Gasteiger partial charge in [0.2, 0.25) is 0 Å². The van der Waals surface area contributed by atoms with Gasteiger partial charge in [-0.1, -0.05) is 37.4 Å². The molecule has 3 rings (SSSR count). The first-order valence-electron chi connectivity index (χ1n) is 10.6. The second-order valence-electron chi connectivity index (χ2n) is 8.02. The molecule has 0 heterocycles. The van der Waals surface area contributed by atoms with Crippen LogP contribution in [0.15, 0.2) is 72.5 Å². The Bertz CT molecular complexity index is 1050. The Morgan fingerprint density at radius 1 is 0.939 bits per heavy atom. The van der Waals surface area contributed by atoms with E-state index >= 15 is 0 Å². The van der Waals surface area contributed by atoms with Crippen LogP contribution in [0.3, 0.4) is 0 Å². The molecule has 0 bridgehead atoms. The lowest BCUT2D eigenvalue weighted by Crippen LogP contribution is -2.22. The number of benzene rings is 2. The van der Waals surface area contributed by atoms with Crippen molar-refractivity contribution in [2.75, 3.05) is 13.7 Å². The molecule has 3 nitrogen and oxygen atoms in total. The molecule has 33 heavy (non-hydrogen) atoms. The average molecular weight is 462 g/mol. The summed E-state index contributed by atoms with van der Waals surface area (Å²) in [5, 5.41) is 9.39. The van der Waals surface area contributed by atoms with Gasteiger partial charge in [0.25, 0.3) is 0 Å². The zero-order valence-electron chi connectivity index (χ0n) is 18.3. The number of aromatic hydroxyl groups is 1. The van der Waals surface area contributed by atoms with Gasteiger partial charge in [0.05, 0.1) is 19.8 Å². The molecule has 1 aliphatic rings. The minimum atomic E-state index is -1.22. The molecule has 0 aromatic heterocycles. The van der Waals surface area contributed by atoms with E-state index in [1.165, 1.54) is 31.4 Å². The zero-order valence-corrected chi connectivity index (χ0v) is 18.3. The summed E-state index contributed by atoms with van der Waals surface area (Å²) < 4.78 is 67.6. The number of phenols is 1. The second-order valence-corrected chi connectivity index (χ2v) is 8.02. The van der Waals surface area contributed by atoms with Gasteiger partial charge in [0, 0.05) is 11.1 Å². The fraction of sp³-hybridized carbons (Fsp3) is 0.308. The number of rotatable bonds is 8. The Labute approximate surface area is 190 Å². The van der Waals surface area contributed by atoms with Crippen molar-refractivity contribution in [3.05, 3.63) is 89.7 Å². The van der Waals surface area contributed by atoms with Gasteiger partial charge < -0.3 is 14.6 Å². The van der Waals surface area contributed by atoms with E-state index in [9.17, 15) is 22.7 Å². The summed E-state index contributed by atoms with van der Waals surface area (Å²) in [6.45, 7) is 6.56. The lowest BCUT2D eigenvalue weighted by molar-refractivity contribution is 0.0380. The van der Waals surface area contributed by atoms with Crippen molar-refractivity contribution in [3.8, 4) is 16.9 Å². The highest BCUT2D eigenvalue weighted by atomic mass is 19.2. The lowest BCUT2D eigenvalue weighted by Gasteiger charge is -2.29. The van der Waals surface area contributed by atoms with E-state index in [0.717, 1.165) is 0 Å². The number of ether oxygens (including phenoxy) is 2. The monoisotopic (exact) mass is 462 g/mol. The second kappa shape index (κ2) is 10.7. The first-order chi connectivity index (χ1) is 15.7. The van der Waals surface area contributed by atoms with E-state index < -0.39 is 29.0 Å². The van der Waals surface area contributed by atoms with Gasteiger partial charge in [-0.25, -0.2) is 13.2 Å². The summed E-state index contributed by atoms with van der Waals surface area (Å²) in [4.78, 5) is 0. The largest absolute Gasteiger partial charge is 0.508 e. The molecule has 0 aliphatic heterocycles. The van der Waals surface area contributed by atoms with Gasteiger partial charge in [-0.3, -0.25) is 0 Å². The quantitative estimate of drug-likeness (QED) is 0.255. The van der Waals surface area contributed by atoms with Crippen molar-refractivity contribution in [3.63, 3.8) is 0 Å². The van der Waals surface area contributed by atoms with Crippen LogP contribution in [-0.4, -0.2) is 24.9 Å². The molecule has 1 saturated carbocycles. The van der Waals surface area contributed by atoms with E-state index in [4.69, 9.17) is 4.74 Å². The summed E-state index contributed by atoms with van der Waals surface area (Å²) in [6.07, 6.45) is 2.05. The predicted octanol–water partition coefficient (Wildman–Crippen LogP) is 7.25. The summed E-state index contributed by atoms with van der Waals surface area (Å²) >= 11 is 0. The van der Waals surface area contributed by atoms with Crippen molar-refractivity contribution >= 4 is 0 Å². The van der Waals surface area contributed by atoms with Gasteiger partial charge >= 0.3 is 0 Å². The standard InChI is InChI=1S/C26H26F4O3/c1-15(23(27)24(28)16(2)32-3)14-33-20-10-6-18(7-11-20)22-13-12-21(25(29)26(22)30)17-4-8-19(31)9-5-17/h4-5,8-9,12-13,18,20,31H,1-2,6-7,10-11,14H2,3H3/b24-23-. The summed E-state index contributed by atoms with van der Waals surface area (Å²) in [6, 6.07) is 9.03. The van der Waals surface area contributed by atoms with Crippen LogP contribution in [0.1, 0.15) is 37.2 Å². The number of hydrogen-bond donors (Lipinski definition) is 1. The fourth-order valence-corrected chi connectivity index (χ4v) is 3.93. The molecule has 1 N–H and O–H groups in total. The molecule has 2 aromatic carbocycles. The highest BCUT2D eigenvalue weighted by Crippen LogP contribution is 2.38. The summed E-state index contributed by atoms with van der Waals surface area (Å²) in [5.41, 5.74) is 0.753. The van der Waals surface area contributed by atoms with Crippen LogP contribution < -0.4 is 0 Å². The van der Waals surface area contributed by atoms with Crippen LogP contribution >= 0.6 is 0 Å². The van der Waals surface area contributed by atoms with Gasteiger partial charge in [-0.05, 0) is 54.9 Å². The van der Waals surface area contributed by atoms with Crippen molar-refractivity contribution in [2.45, 2.75) is 37.7 Å². The summed E-state index contributed by atoms with van der Waals surface area (Å²) in [5.74, 6) is -4.74. The van der Waals surface area contributed by atoms with Gasteiger partial charge in [0.1, 0.15) is 11.5 Å². The van der Waals surface area contributed by atoms with E-state index in [0.29, 0.717) is 36.8 Å². The third kappa shape index (κ3) is 5.66. The maximum atomic E-state index is 14.9. The Balaban J connectivity index is 1.60. The van der Waals surface area contributed by atoms with Crippen molar-refractivity contribution in [1.29, 1.82) is 0 Å². The highest BCUT2D eigenvalue weighted by molar-refractivity contribution is 5.65. The van der Waals surface area contributed by atoms with E-state index in [1.807, 2.05) is 0 Å². The highest BCUT2D eigenvalue weighted by Gasteiger charge is 2.27. The number of methoxy groups -OCH3 is 1. The zero-order chi connectivity index (χ0) is 24.1.